The van der Waals surface area contributed by atoms with E-state index in [1.165, 1.54) is 12.1 Å². The van der Waals surface area contributed by atoms with Crippen LogP contribution >= 0.6 is 0 Å². The van der Waals surface area contributed by atoms with E-state index in [4.69, 9.17) is 5.11 Å². The van der Waals surface area contributed by atoms with Crippen LogP contribution in [0, 0.1) is 23.0 Å². The maximum atomic E-state index is 12.2. The number of aliphatic hydroxyl groups is 1. The molecule has 2 N–H and O–H groups in total. The van der Waals surface area contributed by atoms with E-state index in [1.807, 2.05) is 6.92 Å². The number of rotatable bonds is 8. The van der Waals surface area contributed by atoms with Gasteiger partial charge in [0.1, 0.15) is 5.56 Å². The number of aliphatic hydroxyl groups excluding tert-OH is 1. The second-order valence-corrected chi connectivity index (χ2v) is 5.15. The van der Waals surface area contributed by atoms with Gasteiger partial charge in [-0.1, -0.05) is 19.4 Å². The lowest BCUT2D eigenvalue weighted by atomic mass is 10.00. The number of carbonyl (C=O) groups is 1. The van der Waals surface area contributed by atoms with Gasteiger partial charge in [0.15, 0.2) is 0 Å². The van der Waals surface area contributed by atoms with Crippen LogP contribution in [0.5, 0.6) is 0 Å². The molecular formula is C15H22N2O4. The lowest BCUT2D eigenvalue weighted by molar-refractivity contribution is -0.385. The molecule has 0 aromatic heterocycles. The van der Waals surface area contributed by atoms with Crippen LogP contribution in [0.25, 0.3) is 0 Å². The summed E-state index contributed by atoms with van der Waals surface area (Å²) in [5, 5.41) is 22.7. The Bertz CT molecular complexity index is 496. The van der Waals surface area contributed by atoms with Gasteiger partial charge in [-0.2, -0.15) is 0 Å². The average molecular weight is 294 g/mol. The van der Waals surface area contributed by atoms with Crippen molar-refractivity contribution in [1.29, 1.82) is 0 Å². The minimum Gasteiger partial charge on any atom is -0.396 e. The van der Waals surface area contributed by atoms with E-state index in [-0.39, 0.29) is 23.8 Å². The molecule has 1 unspecified atom stereocenters. The minimum absolute atomic E-state index is 0.0745. The SMILES string of the molecule is CCCC(CCO)CNC(=O)c1cc(C)ccc1[N+](=O)[O-]. The highest BCUT2D eigenvalue weighted by atomic mass is 16.6. The van der Waals surface area contributed by atoms with Crippen LogP contribution in [0.4, 0.5) is 5.69 Å². The largest absolute Gasteiger partial charge is 0.396 e. The summed E-state index contributed by atoms with van der Waals surface area (Å²) in [4.78, 5) is 22.6. The van der Waals surface area contributed by atoms with E-state index in [9.17, 15) is 14.9 Å². The summed E-state index contributed by atoms with van der Waals surface area (Å²) >= 11 is 0. The van der Waals surface area contributed by atoms with Crippen LogP contribution < -0.4 is 5.32 Å². The van der Waals surface area contributed by atoms with Crippen molar-refractivity contribution in [2.24, 2.45) is 5.92 Å². The molecule has 1 aromatic carbocycles. The Balaban J connectivity index is 2.79. The summed E-state index contributed by atoms with van der Waals surface area (Å²) in [6.07, 6.45) is 2.48. The summed E-state index contributed by atoms with van der Waals surface area (Å²) in [5.41, 5.74) is 0.692. The van der Waals surface area contributed by atoms with Crippen LogP contribution in [-0.4, -0.2) is 29.1 Å². The van der Waals surface area contributed by atoms with Crippen LogP contribution in [0.1, 0.15) is 42.1 Å². The first-order chi connectivity index (χ1) is 9.99. The van der Waals surface area contributed by atoms with Crippen LogP contribution in [0.15, 0.2) is 18.2 Å². The van der Waals surface area contributed by atoms with Gasteiger partial charge in [0.2, 0.25) is 0 Å². The van der Waals surface area contributed by atoms with E-state index in [0.29, 0.717) is 13.0 Å². The number of amides is 1. The molecule has 0 fully saturated rings. The first-order valence-electron chi connectivity index (χ1n) is 7.13. The summed E-state index contributed by atoms with van der Waals surface area (Å²) in [6.45, 7) is 4.31. The Labute approximate surface area is 124 Å². The Hall–Kier alpha value is -1.95. The maximum Gasteiger partial charge on any atom is 0.282 e. The fourth-order valence-electron chi connectivity index (χ4n) is 2.26. The van der Waals surface area contributed by atoms with E-state index in [0.717, 1.165) is 18.4 Å². The quantitative estimate of drug-likeness (QED) is 0.569. The van der Waals surface area contributed by atoms with Crippen molar-refractivity contribution in [3.8, 4) is 0 Å². The van der Waals surface area contributed by atoms with E-state index < -0.39 is 10.8 Å². The molecule has 1 amide bonds. The van der Waals surface area contributed by atoms with E-state index >= 15 is 0 Å². The Kier molecular flexibility index (Phi) is 6.81. The highest BCUT2D eigenvalue weighted by molar-refractivity contribution is 5.98. The monoisotopic (exact) mass is 294 g/mol. The third kappa shape index (κ3) is 5.15. The summed E-state index contributed by atoms with van der Waals surface area (Å²) in [5.74, 6) is -0.253. The molecule has 0 spiro atoms. The van der Waals surface area contributed by atoms with Gasteiger partial charge < -0.3 is 10.4 Å². The lowest BCUT2D eigenvalue weighted by Gasteiger charge is -2.15. The highest BCUT2D eigenvalue weighted by Gasteiger charge is 2.20. The Morgan fingerprint density at radius 2 is 2.14 bits per heavy atom. The molecule has 0 bridgehead atoms. The third-order valence-corrected chi connectivity index (χ3v) is 3.38. The van der Waals surface area contributed by atoms with Crippen molar-refractivity contribution in [1.82, 2.24) is 5.32 Å². The molecule has 1 rings (SSSR count). The maximum absolute atomic E-state index is 12.2. The first-order valence-corrected chi connectivity index (χ1v) is 7.13. The molecule has 0 saturated carbocycles. The number of nitrogens with one attached hydrogen (secondary N) is 1. The summed E-state index contributed by atoms with van der Waals surface area (Å²) in [6, 6.07) is 4.48. The number of nitrogens with zero attached hydrogens (tertiary/aromatic N) is 1. The van der Waals surface area contributed by atoms with Gasteiger partial charge in [-0.05, 0) is 37.3 Å². The number of hydrogen-bond donors (Lipinski definition) is 2. The molecular weight excluding hydrogens is 272 g/mol. The molecule has 6 heteroatoms. The second kappa shape index (κ2) is 8.36. The van der Waals surface area contributed by atoms with Gasteiger partial charge in [0.05, 0.1) is 4.92 Å². The molecule has 116 valence electrons. The van der Waals surface area contributed by atoms with E-state index in [1.54, 1.807) is 13.0 Å². The van der Waals surface area contributed by atoms with Crippen molar-refractivity contribution in [2.75, 3.05) is 13.2 Å². The standard InChI is InChI=1S/C15H22N2O4/c1-3-4-12(7-8-18)10-16-15(19)13-9-11(2)5-6-14(13)17(20)21/h5-6,9,12,18H,3-4,7-8,10H2,1-2H3,(H,16,19). The normalized spacial score (nSPS) is 12.0. The number of benzene rings is 1. The number of carbonyl (C=O) groups excluding carboxylic acids is 1. The molecule has 6 nitrogen and oxygen atoms in total. The van der Waals surface area contributed by atoms with Gasteiger partial charge in [-0.15, -0.1) is 0 Å². The Morgan fingerprint density at radius 3 is 2.71 bits per heavy atom. The van der Waals surface area contributed by atoms with Gasteiger partial charge in [0.25, 0.3) is 11.6 Å². The molecule has 0 heterocycles. The highest BCUT2D eigenvalue weighted by Crippen LogP contribution is 2.20. The topological polar surface area (TPSA) is 92.5 Å². The van der Waals surface area contributed by atoms with Gasteiger partial charge in [-0.3, -0.25) is 14.9 Å². The van der Waals surface area contributed by atoms with E-state index in [2.05, 4.69) is 5.32 Å². The molecule has 0 saturated heterocycles. The molecule has 21 heavy (non-hydrogen) atoms. The van der Waals surface area contributed by atoms with Crippen molar-refractivity contribution in [3.63, 3.8) is 0 Å². The van der Waals surface area contributed by atoms with Crippen LogP contribution in [-0.2, 0) is 0 Å². The number of hydrogen-bond acceptors (Lipinski definition) is 4. The first kappa shape index (κ1) is 17.1. The zero-order valence-electron chi connectivity index (χ0n) is 12.5. The van der Waals surface area contributed by atoms with Crippen molar-refractivity contribution in [3.05, 3.63) is 39.4 Å². The van der Waals surface area contributed by atoms with Gasteiger partial charge in [0, 0.05) is 19.2 Å². The van der Waals surface area contributed by atoms with Gasteiger partial charge in [-0.25, -0.2) is 0 Å². The molecule has 0 aliphatic rings. The number of aryl methyl sites for hydroxylation is 1. The van der Waals surface area contributed by atoms with Crippen LogP contribution in [0.2, 0.25) is 0 Å². The summed E-state index contributed by atoms with van der Waals surface area (Å²) in [7, 11) is 0. The smallest absolute Gasteiger partial charge is 0.282 e. The predicted molar refractivity (Wildman–Crippen MR) is 80.3 cm³/mol. The van der Waals surface area contributed by atoms with Crippen LogP contribution in [0.3, 0.4) is 0 Å². The predicted octanol–water partition coefficient (Wildman–Crippen LogP) is 2.43. The summed E-state index contributed by atoms with van der Waals surface area (Å²) < 4.78 is 0. The molecule has 1 atom stereocenters. The second-order valence-electron chi connectivity index (χ2n) is 5.15. The molecule has 0 aliphatic carbocycles. The lowest BCUT2D eigenvalue weighted by Crippen LogP contribution is -2.30. The minimum atomic E-state index is -0.550. The third-order valence-electron chi connectivity index (χ3n) is 3.38. The zero-order chi connectivity index (χ0) is 15.8. The zero-order valence-corrected chi connectivity index (χ0v) is 12.5. The van der Waals surface area contributed by atoms with Crippen molar-refractivity contribution < 1.29 is 14.8 Å². The molecule has 0 radical (unpaired) electrons. The number of nitro benzene ring substituents is 1. The molecule has 0 aliphatic heterocycles. The Morgan fingerprint density at radius 1 is 1.43 bits per heavy atom. The average Bonchev–Trinajstić information content (AvgIpc) is 2.44. The number of nitro groups is 1. The molecule has 1 aromatic rings. The fraction of sp³-hybridized carbons (Fsp3) is 0.533. The van der Waals surface area contributed by atoms with Crippen molar-refractivity contribution in [2.45, 2.75) is 33.1 Å². The van der Waals surface area contributed by atoms with Crippen molar-refractivity contribution >= 4 is 11.6 Å². The fourth-order valence-corrected chi connectivity index (χ4v) is 2.26. The van der Waals surface area contributed by atoms with Gasteiger partial charge >= 0.3 is 0 Å².